The molecule has 0 amide bonds. The Kier molecular flexibility index (Phi) is 1.95. The number of aryl methyl sites for hydroxylation is 3. The van der Waals surface area contributed by atoms with Crippen LogP contribution in [0.1, 0.15) is 11.5 Å². The van der Waals surface area contributed by atoms with Crippen molar-refractivity contribution in [2.75, 3.05) is 0 Å². The van der Waals surface area contributed by atoms with Gasteiger partial charge in [0.25, 0.3) is 11.1 Å². The normalized spacial score (nSPS) is 11.5. The van der Waals surface area contributed by atoms with E-state index in [4.69, 9.17) is 0 Å². The van der Waals surface area contributed by atoms with Crippen LogP contribution < -0.4 is 11.1 Å². The molecule has 3 heterocycles. The van der Waals surface area contributed by atoms with Crippen LogP contribution in [0.3, 0.4) is 0 Å². The molecule has 0 atom stereocenters. The van der Waals surface area contributed by atoms with Gasteiger partial charge in [-0.2, -0.15) is 0 Å². The van der Waals surface area contributed by atoms with Crippen molar-refractivity contribution in [2.24, 2.45) is 7.05 Å². The van der Waals surface area contributed by atoms with Crippen LogP contribution in [0.2, 0.25) is 0 Å². The summed E-state index contributed by atoms with van der Waals surface area (Å²) in [7, 11) is 1.82. The predicted octanol–water partition coefficient (Wildman–Crippen LogP) is 0.115. The number of hydrogen-bond acceptors (Lipinski definition) is 4. The van der Waals surface area contributed by atoms with E-state index in [0.29, 0.717) is 27.6 Å². The molecule has 7 heteroatoms. The van der Waals surface area contributed by atoms with E-state index in [1.165, 1.54) is 0 Å². The lowest BCUT2D eigenvalue weighted by molar-refractivity contribution is 0.872. The van der Waals surface area contributed by atoms with Gasteiger partial charge in [0, 0.05) is 7.05 Å². The summed E-state index contributed by atoms with van der Waals surface area (Å²) in [5.74, 6) is 0.740. The van der Waals surface area contributed by atoms with Gasteiger partial charge in [0.2, 0.25) is 0 Å². The first kappa shape index (κ1) is 10.7. The number of H-pyrrole nitrogens is 2. The first-order valence-corrected chi connectivity index (χ1v) is 5.45. The maximum atomic E-state index is 11.9. The van der Waals surface area contributed by atoms with Crippen LogP contribution in [0, 0.1) is 13.8 Å². The van der Waals surface area contributed by atoms with Crippen molar-refractivity contribution < 1.29 is 0 Å². The topological polar surface area (TPSA) is 96.4 Å². The van der Waals surface area contributed by atoms with E-state index >= 15 is 0 Å². The standard InChI is InChI=1S/C11H11N5O2/c1-4-6-7(11(18)15-14-10(6)17)8-9(12-4)16(3)5(2)13-8/h1-3H3,(H,14,17)(H,15,18). The Balaban J connectivity index is 2.79. The third-order valence-corrected chi connectivity index (χ3v) is 3.15. The quantitative estimate of drug-likeness (QED) is 0.587. The van der Waals surface area contributed by atoms with Crippen molar-refractivity contribution in [3.05, 3.63) is 32.2 Å². The molecule has 0 unspecified atom stereocenters. The van der Waals surface area contributed by atoms with Crippen LogP contribution in [0.4, 0.5) is 0 Å². The van der Waals surface area contributed by atoms with Gasteiger partial charge in [-0.25, -0.2) is 9.97 Å². The van der Waals surface area contributed by atoms with Crippen molar-refractivity contribution in [2.45, 2.75) is 13.8 Å². The number of rotatable bonds is 0. The van der Waals surface area contributed by atoms with E-state index in [1.807, 2.05) is 14.0 Å². The minimum Gasteiger partial charge on any atom is -0.316 e. The van der Waals surface area contributed by atoms with E-state index < -0.39 is 0 Å². The molecule has 92 valence electrons. The van der Waals surface area contributed by atoms with E-state index in [9.17, 15) is 9.59 Å². The van der Waals surface area contributed by atoms with Gasteiger partial charge in [-0.05, 0) is 13.8 Å². The first-order chi connectivity index (χ1) is 8.50. The molecule has 3 rings (SSSR count). The monoisotopic (exact) mass is 245 g/mol. The smallest absolute Gasteiger partial charge is 0.272 e. The van der Waals surface area contributed by atoms with Gasteiger partial charge in [0.05, 0.1) is 16.5 Å². The van der Waals surface area contributed by atoms with Crippen molar-refractivity contribution in [1.82, 2.24) is 24.7 Å². The molecular formula is C11H11N5O2. The van der Waals surface area contributed by atoms with E-state index in [-0.39, 0.29) is 11.1 Å². The average Bonchev–Trinajstić information content (AvgIpc) is 2.60. The van der Waals surface area contributed by atoms with Gasteiger partial charge in [-0.1, -0.05) is 0 Å². The maximum absolute atomic E-state index is 11.9. The highest BCUT2D eigenvalue weighted by atomic mass is 16.1. The largest absolute Gasteiger partial charge is 0.316 e. The molecule has 0 aromatic carbocycles. The van der Waals surface area contributed by atoms with Crippen LogP contribution in [-0.2, 0) is 7.05 Å². The molecule has 0 saturated carbocycles. The van der Waals surface area contributed by atoms with Crippen molar-refractivity contribution in [3.63, 3.8) is 0 Å². The molecule has 0 aliphatic carbocycles. The number of aromatic amines is 2. The van der Waals surface area contributed by atoms with Crippen molar-refractivity contribution in [1.29, 1.82) is 0 Å². The average molecular weight is 245 g/mol. The molecule has 2 N–H and O–H groups in total. The summed E-state index contributed by atoms with van der Waals surface area (Å²) in [6, 6.07) is 0. The molecule has 0 aliphatic rings. The number of nitrogens with zero attached hydrogens (tertiary/aromatic N) is 3. The molecule has 3 aromatic heterocycles. The number of fused-ring (bicyclic) bond motifs is 3. The fraction of sp³-hybridized carbons (Fsp3) is 0.273. The summed E-state index contributed by atoms with van der Waals surface area (Å²) in [4.78, 5) is 32.4. The van der Waals surface area contributed by atoms with Crippen molar-refractivity contribution >= 4 is 21.9 Å². The molecule has 18 heavy (non-hydrogen) atoms. The van der Waals surface area contributed by atoms with Gasteiger partial charge >= 0.3 is 0 Å². The second-order valence-electron chi connectivity index (χ2n) is 4.25. The Morgan fingerprint density at radius 1 is 1.00 bits per heavy atom. The van der Waals surface area contributed by atoms with Gasteiger partial charge < -0.3 is 4.57 Å². The van der Waals surface area contributed by atoms with Gasteiger partial charge in [0.15, 0.2) is 5.65 Å². The third-order valence-electron chi connectivity index (χ3n) is 3.15. The first-order valence-electron chi connectivity index (χ1n) is 5.45. The lowest BCUT2D eigenvalue weighted by Crippen LogP contribution is -2.20. The molecule has 0 radical (unpaired) electrons. The molecule has 7 nitrogen and oxygen atoms in total. The van der Waals surface area contributed by atoms with Crippen LogP contribution in [0.15, 0.2) is 9.59 Å². The zero-order valence-electron chi connectivity index (χ0n) is 10.2. The Labute approximate surface area is 100 Å². The van der Waals surface area contributed by atoms with Gasteiger partial charge in [0.1, 0.15) is 11.3 Å². The molecule has 0 fully saturated rings. The van der Waals surface area contributed by atoms with Crippen LogP contribution in [0.5, 0.6) is 0 Å². The van der Waals surface area contributed by atoms with Gasteiger partial charge in [-0.3, -0.25) is 19.8 Å². The Morgan fingerprint density at radius 2 is 1.61 bits per heavy atom. The molecule has 0 saturated heterocycles. The summed E-state index contributed by atoms with van der Waals surface area (Å²) in [6.07, 6.45) is 0. The van der Waals surface area contributed by atoms with Gasteiger partial charge in [-0.15, -0.1) is 0 Å². The zero-order chi connectivity index (χ0) is 13.0. The number of hydrogen-bond donors (Lipinski definition) is 2. The summed E-state index contributed by atoms with van der Waals surface area (Å²) < 4.78 is 1.79. The summed E-state index contributed by atoms with van der Waals surface area (Å²) in [5, 5.41) is 5.21. The summed E-state index contributed by atoms with van der Waals surface area (Å²) in [6.45, 7) is 3.53. The molecule has 0 bridgehead atoms. The highest BCUT2D eigenvalue weighted by molar-refractivity contribution is 6.02. The second kappa shape index (κ2) is 3.28. The molecule has 3 aromatic rings. The lowest BCUT2D eigenvalue weighted by atomic mass is 10.2. The third kappa shape index (κ3) is 1.18. The number of aromatic nitrogens is 5. The zero-order valence-corrected chi connectivity index (χ0v) is 10.2. The Hall–Kier alpha value is -2.44. The molecular weight excluding hydrogens is 234 g/mol. The Bertz CT molecular complexity index is 900. The summed E-state index contributed by atoms with van der Waals surface area (Å²) >= 11 is 0. The van der Waals surface area contributed by atoms with Crippen molar-refractivity contribution in [3.8, 4) is 0 Å². The summed E-state index contributed by atoms with van der Waals surface area (Å²) in [5.41, 5.74) is 0.863. The number of imidazole rings is 1. The minimum absolute atomic E-state index is 0.296. The van der Waals surface area contributed by atoms with E-state index in [2.05, 4.69) is 20.2 Å². The minimum atomic E-state index is -0.363. The number of pyridine rings is 1. The number of nitrogens with one attached hydrogen (secondary N) is 2. The molecule has 0 aliphatic heterocycles. The fourth-order valence-electron chi connectivity index (χ4n) is 2.15. The van der Waals surface area contributed by atoms with Crippen LogP contribution in [0.25, 0.3) is 21.9 Å². The van der Waals surface area contributed by atoms with Crippen LogP contribution in [-0.4, -0.2) is 24.7 Å². The highest BCUT2D eigenvalue weighted by Crippen LogP contribution is 2.20. The van der Waals surface area contributed by atoms with Crippen LogP contribution >= 0.6 is 0 Å². The maximum Gasteiger partial charge on any atom is 0.272 e. The lowest BCUT2D eigenvalue weighted by Gasteiger charge is -2.01. The SMILES string of the molecule is Cc1nc2c(nc(C)n2C)c2c(=O)[nH][nH]c(=O)c12. The highest BCUT2D eigenvalue weighted by Gasteiger charge is 2.16. The Morgan fingerprint density at radius 3 is 2.28 bits per heavy atom. The molecule has 0 spiro atoms. The fourth-order valence-corrected chi connectivity index (χ4v) is 2.15. The van der Waals surface area contributed by atoms with E-state index in [0.717, 1.165) is 5.82 Å². The predicted molar refractivity (Wildman–Crippen MR) is 66.7 cm³/mol. The second-order valence-corrected chi connectivity index (χ2v) is 4.25. The van der Waals surface area contributed by atoms with E-state index in [1.54, 1.807) is 11.5 Å².